The second kappa shape index (κ2) is 21.4. The largest absolute Gasteiger partial charge is 0.507 e. The number of phenols is 1. The molecule has 47 heavy (non-hydrogen) atoms. The zero-order valence-corrected chi connectivity index (χ0v) is 30.3. The highest BCUT2D eigenvalue weighted by Gasteiger charge is 2.24. The molecule has 4 N–H and O–H groups in total. The van der Waals surface area contributed by atoms with E-state index >= 15 is 0 Å². The molecule has 0 fully saturated rings. The van der Waals surface area contributed by atoms with Crippen molar-refractivity contribution in [2.24, 2.45) is 0 Å². The van der Waals surface area contributed by atoms with E-state index in [0.29, 0.717) is 12.0 Å². The Kier molecular flexibility index (Phi) is 18.5. The molecule has 0 aliphatic carbocycles. The Morgan fingerprint density at radius 3 is 1.81 bits per heavy atom. The second-order valence-electron chi connectivity index (χ2n) is 11.4. The van der Waals surface area contributed by atoms with Crippen molar-refractivity contribution in [1.29, 1.82) is 0 Å². The highest BCUT2D eigenvalue weighted by atomic mass is 35.5. The number of rotatable bonds is 22. The van der Waals surface area contributed by atoms with Crippen LogP contribution >= 0.6 is 23.2 Å². The first-order chi connectivity index (χ1) is 22.4. The Balaban J connectivity index is 2.00. The maximum Gasteiger partial charge on any atom is 0.323 e. The van der Waals surface area contributed by atoms with E-state index in [-0.39, 0.29) is 70.5 Å². The van der Waals surface area contributed by atoms with E-state index in [2.05, 4.69) is 22.3 Å². The number of urea groups is 1. The molecule has 3 amide bonds. The van der Waals surface area contributed by atoms with Crippen molar-refractivity contribution in [1.82, 2.24) is 9.62 Å². The number of phenolic OH excluding ortho intramolecular Hbond substituents is 1. The lowest BCUT2D eigenvalue weighted by Gasteiger charge is -2.23. The number of carbonyl (C=O) groups is 2. The van der Waals surface area contributed by atoms with Crippen molar-refractivity contribution in [3.63, 3.8) is 0 Å². The number of benzene rings is 2. The molecule has 2 aromatic rings. The van der Waals surface area contributed by atoms with Gasteiger partial charge in [0, 0.05) is 45.2 Å². The molecule has 0 atom stereocenters. The number of hydrogen-bond acceptors (Lipinski definition) is 7. The lowest BCUT2D eigenvalue weighted by molar-refractivity contribution is 0.0624. The van der Waals surface area contributed by atoms with E-state index in [0.717, 1.165) is 19.3 Å². The molecule has 0 saturated heterocycles. The third kappa shape index (κ3) is 13.8. The summed E-state index contributed by atoms with van der Waals surface area (Å²) in [7, 11) is -0.942. The van der Waals surface area contributed by atoms with E-state index in [4.69, 9.17) is 32.7 Å². The van der Waals surface area contributed by atoms with E-state index < -0.39 is 22.0 Å². The van der Waals surface area contributed by atoms with Crippen molar-refractivity contribution in [3.05, 3.63) is 45.4 Å². The molecular weight excluding hydrogens is 667 g/mol. The lowest BCUT2D eigenvalue weighted by Crippen LogP contribution is -2.36. The van der Waals surface area contributed by atoms with Gasteiger partial charge in [0.05, 0.1) is 28.8 Å². The van der Waals surface area contributed by atoms with Gasteiger partial charge in [0.15, 0.2) is 0 Å². The lowest BCUT2D eigenvalue weighted by atomic mass is 10.1. The number of hydrogen-bond donors (Lipinski definition) is 4. The van der Waals surface area contributed by atoms with Crippen LogP contribution in [0.5, 0.6) is 5.75 Å². The Morgan fingerprint density at radius 1 is 0.809 bits per heavy atom. The van der Waals surface area contributed by atoms with Crippen molar-refractivity contribution in [3.8, 4) is 5.75 Å². The first kappa shape index (κ1) is 40.6. The van der Waals surface area contributed by atoms with E-state index in [1.165, 1.54) is 81.9 Å². The van der Waals surface area contributed by atoms with E-state index in [1.54, 1.807) is 6.92 Å². The van der Waals surface area contributed by atoms with Crippen molar-refractivity contribution < 1.29 is 32.6 Å². The molecular formula is C33H50Cl2N4O7S. The fourth-order valence-electron chi connectivity index (χ4n) is 4.98. The van der Waals surface area contributed by atoms with Gasteiger partial charge in [-0.1, -0.05) is 87.9 Å². The summed E-state index contributed by atoms with van der Waals surface area (Å²) in [6.07, 6.45) is 11.4. The normalized spacial score (nSPS) is 11.4. The van der Waals surface area contributed by atoms with Crippen molar-refractivity contribution >= 4 is 56.5 Å². The van der Waals surface area contributed by atoms with Crippen LogP contribution in [0.15, 0.2) is 29.2 Å². The van der Waals surface area contributed by atoms with Gasteiger partial charge in [-0.25, -0.2) is 17.9 Å². The predicted octanol–water partition coefficient (Wildman–Crippen LogP) is 7.59. The number of amides is 3. The quantitative estimate of drug-likeness (QED) is 0.0726. The zero-order chi connectivity index (χ0) is 34.8. The number of methoxy groups -OCH3 is 2. The van der Waals surface area contributed by atoms with Crippen LogP contribution in [-0.2, 0) is 19.5 Å². The van der Waals surface area contributed by atoms with Crippen LogP contribution in [0, 0.1) is 6.92 Å². The van der Waals surface area contributed by atoms with Gasteiger partial charge < -0.3 is 30.1 Å². The molecule has 2 aromatic carbocycles. The van der Waals surface area contributed by atoms with E-state index in [1.807, 2.05) is 0 Å². The van der Waals surface area contributed by atoms with Crippen LogP contribution in [0.1, 0.15) is 87.1 Å². The standard InChI is InChI=1S/C33H50Cl2N4O7S/c1-5-6-7-8-9-10-11-12-13-14-15-36-47(43,44)31-28(34)22-26(23-29(31)35)38-33(42)37-25-20-24(2)30(40)27(21-25)32(41)39(16-18-45-3)17-19-46-4/h20-23,36,40H,5-19H2,1-4H3,(H2,37,38,42). The molecule has 0 aliphatic rings. The number of nitrogens with zero attached hydrogens (tertiary/aromatic N) is 1. The molecule has 0 spiro atoms. The number of nitrogens with one attached hydrogen (secondary N) is 3. The smallest absolute Gasteiger partial charge is 0.323 e. The molecule has 11 nitrogen and oxygen atoms in total. The average molecular weight is 718 g/mol. The second-order valence-corrected chi connectivity index (χ2v) is 13.9. The molecule has 0 heterocycles. The molecule has 0 saturated carbocycles. The summed E-state index contributed by atoms with van der Waals surface area (Å²) in [6.45, 7) is 5.20. The van der Waals surface area contributed by atoms with Gasteiger partial charge in [-0.3, -0.25) is 4.79 Å². The summed E-state index contributed by atoms with van der Waals surface area (Å²) in [5.41, 5.74) is 0.768. The zero-order valence-electron chi connectivity index (χ0n) is 27.9. The monoisotopic (exact) mass is 716 g/mol. The minimum Gasteiger partial charge on any atom is -0.507 e. The van der Waals surface area contributed by atoms with Crippen molar-refractivity contribution in [2.75, 3.05) is 57.7 Å². The summed E-state index contributed by atoms with van der Waals surface area (Å²) in [5, 5.41) is 15.5. The summed E-state index contributed by atoms with van der Waals surface area (Å²) in [4.78, 5) is 27.4. The fraction of sp³-hybridized carbons (Fsp3) is 0.576. The SMILES string of the molecule is CCCCCCCCCCCCNS(=O)(=O)c1c(Cl)cc(NC(=O)Nc2cc(C)c(O)c(C(=O)N(CCOC)CCOC)c2)cc1Cl. The Bertz CT molecular complexity index is 1380. The van der Waals surface area contributed by atoms with Gasteiger partial charge in [-0.05, 0) is 43.2 Å². The Labute approximate surface area is 289 Å². The molecule has 0 aromatic heterocycles. The van der Waals surface area contributed by atoms with Gasteiger partial charge in [-0.2, -0.15) is 0 Å². The third-order valence-corrected chi connectivity index (χ3v) is 9.94. The number of unbranched alkanes of at least 4 members (excludes halogenated alkanes) is 9. The maximum atomic E-state index is 13.3. The molecule has 0 radical (unpaired) electrons. The van der Waals surface area contributed by atoms with Crippen LogP contribution in [0.3, 0.4) is 0 Å². The average Bonchev–Trinajstić information content (AvgIpc) is 3.00. The number of halogens is 2. The molecule has 0 aliphatic heterocycles. The predicted molar refractivity (Wildman–Crippen MR) is 189 cm³/mol. The minimum absolute atomic E-state index is 0.00143. The van der Waals surface area contributed by atoms with E-state index in [9.17, 15) is 23.1 Å². The molecule has 14 heteroatoms. The van der Waals surface area contributed by atoms with Crippen molar-refractivity contribution in [2.45, 2.75) is 83.0 Å². The Morgan fingerprint density at radius 2 is 1.30 bits per heavy atom. The Hall–Kier alpha value is -2.61. The summed E-state index contributed by atoms with van der Waals surface area (Å²) in [6, 6.07) is 4.76. The van der Waals surface area contributed by atoms with Crippen LogP contribution in [-0.4, -0.2) is 77.4 Å². The van der Waals surface area contributed by atoms with Gasteiger partial charge in [-0.15, -0.1) is 0 Å². The number of ether oxygens (including phenoxy) is 2. The van der Waals surface area contributed by atoms with Crippen LogP contribution in [0.2, 0.25) is 10.0 Å². The maximum absolute atomic E-state index is 13.3. The van der Waals surface area contributed by atoms with Gasteiger partial charge >= 0.3 is 6.03 Å². The van der Waals surface area contributed by atoms with Crippen LogP contribution < -0.4 is 15.4 Å². The topological polar surface area (TPSA) is 146 Å². The highest BCUT2D eigenvalue weighted by Crippen LogP contribution is 2.33. The third-order valence-electron chi connectivity index (χ3n) is 7.55. The summed E-state index contributed by atoms with van der Waals surface area (Å²) in [5.74, 6) is -0.668. The summed E-state index contributed by atoms with van der Waals surface area (Å²) < 4.78 is 38.7. The molecule has 0 bridgehead atoms. The highest BCUT2D eigenvalue weighted by molar-refractivity contribution is 7.89. The number of aromatic hydroxyl groups is 1. The number of anilines is 2. The minimum atomic E-state index is -3.98. The fourth-order valence-corrected chi connectivity index (χ4v) is 7.26. The first-order valence-corrected chi connectivity index (χ1v) is 18.4. The summed E-state index contributed by atoms with van der Waals surface area (Å²) >= 11 is 12.7. The number of carbonyl (C=O) groups excluding carboxylic acids is 2. The number of sulfonamides is 1. The van der Waals surface area contributed by atoms with Crippen LogP contribution in [0.4, 0.5) is 16.2 Å². The molecule has 2 rings (SSSR count). The first-order valence-electron chi connectivity index (χ1n) is 16.1. The van der Waals surface area contributed by atoms with Gasteiger partial charge in [0.25, 0.3) is 5.91 Å². The molecule has 264 valence electrons. The molecule has 0 unspecified atom stereocenters. The van der Waals surface area contributed by atoms with Gasteiger partial charge in [0.1, 0.15) is 10.6 Å². The van der Waals surface area contributed by atoms with Gasteiger partial charge in [0.2, 0.25) is 10.0 Å². The van der Waals surface area contributed by atoms with Crippen LogP contribution in [0.25, 0.3) is 0 Å². The number of aryl methyl sites for hydroxylation is 1.